The van der Waals surface area contributed by atoms with E-state index in [2.05, 4.69) is 63.7 Å². The molecule has 0 atom stereocenters. The number of rotatable bonds is 2. The van der Waals surface area contributed by atoms with Crippen LogP contribution in [0.5, 0.6) is 0 Å². The highest BCUT2D eigenvalue weighted by Crippen LogP contribution is 2.23. The van der Waals surface area contributed by atoms with Crippen molar-refractivity contribution in [3.8, 4) is 0 Å². The zero-order chi connectivity index (χ0) is 11.6. The zero-order valence-corrected chi connectivity index (χ0v) is 10.8. The fraction of sp³-hybridized carbons (Fsp3) is 0.615. The quantitative estimate of drug-likeness (QED) is 0.631. The first-order valence-corrected chi connectivity index (χ1v) is 5.70. The van der Waals surface area contributed by atoms with Crippen LogP contribution >= 0.6 is 0 Å². The fourth-order valence-corrected chi connectivity index (χ4v) is 2.12. The molecule has 2 heteroatoms. The lowest BCUT2D eigenvalue weighted by atomic mass is 9.95. The van der Waals surface area contributed by atoms with Gasteiger partial charge in [0.25, 0.3) is 0 Å². The Morgan fingerprint density at radius 3 is 2.53 bits per heavy atom. The molecule has 0 radical (unpaired) electrons. The lowest BCUT2D eigenvalue weighted by Crippen LogP contribution is -2.29. The second-order valence-corrected chi connectivity index (χ2v) is 4.49. The summed E-state index contributed by atoms with van der Waals surface area (Å²) in [6.07, 6.45) is 5.35. The second-order valence-electron chi connectivity index (χ2n) is 4.49. The summed E-state index contributed by atoms with van der Waals surface area (Å²) < 4.78 is 2.19. The first kappa shape index (κ1) is 12.0. The smallest absolute Gasteiger partial charge is 0.201 e. The molecule has 1 heterocycles. The molecular formula is C13H23N2+. The average Bonchev–Trinajstić information content (AvgIpc) is 2.18. The molecule has 0 N–H and O–H groups in total. The Kier molecular flexibility index (Phi) is 3.72. The molecule has 15 heavy (non-hydrogen) atoms. The van der Waals surface area contributed by atoms with Crippen LogP contribution in [0.3, 0.4) is 0 Å². The summed E-state index contributed by atoms with van der Waals surface area (Å²) >= 11 is 0. The van der Waals surface area contributed by atoms with Gasteiger partial charge >= 0.3 is 0 Å². The largest absolute Gasteiger partial charge is 0.341 e. The van der Waals surface area contributed by atoms with E-state index in [0.717, 1.165) is 6.42 Å². The van der Waals surface area contributed by atoms with Crippen LogP contribution in [0.1, 0.15) is 34.1 Å². The monoisotopic (exact) mass is 207 g/mol. The van der Waals surface area contributed by atoms with Crippen molar-refractivity contribution in [3.63, 3.8) is 0 Å². The van der Waals surface area contributed by atoms with Crippen molar-refractivity contribution in [2.45, 2.75) is 34.1 Å². The van der Waals surface area contributed by atoms with Crippen LogP contribution in [0.25, 0.3) is 0 Å². The van der Waals surface area contributed by atoms with Crippen molar-refractivity contribution in [3.05, 3.63) is 23.7 Å². The predicted octanol–water partition coefficient (Wildman–Crippen LogP) is 2.83. The van der Waals surface area contributed by atoms with Crippen LogP contribution < -0.4 is 0 Å². The first-order valence-electron chi connectivity index (χ1n) is 5.70. The maximum absolute atomic E-state index is 2.27. The minimum absolute atomic E-state index is 0.613. The lowest BCUT2D eigenvalue weighted by molar-refractivity contribution is -0.425. The second kappa shape index (κ2) is 4.65. The molecule has 0 amide bonds. The Morgan fingerprint density at radius 1 is 1.47 bits per heavy atom. The van der Waals surface area contributed by atoms with Crippen LogP contribution in [-0.2, 0) is 0 Å². The molecule has 0 unspecified atom stereocenters. The van der Waals surface area contributed by atoms with E-state index in [1.807, 2.05) is 0 Å². The van der Waals surface area contributed by atoms with Gasteiger partial charge in [0.05, 0.1) is 6.20 Å². The molecule has 0 bridgehead atoms. The molecule has 0 aromatic carbocycles. The molecule has 0 saturated heterocycles. The predicted molar refractivity (Wildman–Crippen MR) is 65.9 cm³/mol. The van der Waals surface area contributed by atoms with Gasteiger partial charge in [-0.25, -0.2) is 4.58 Å². The van der Waals surface area contributed by atoms with Crippen molar-refractivity contribution in [2.75, 3.05) is 14.1 Å². The van der Waals surface area contributed by atoms with Crippen LogP contribution in [-0.4, -0.2) is 29.3 Å². The molecular weight excluding hydrogens is 184 g/mol. The van der Waals surface area contributed by atoms with E-state index in [1.165, 1.54) is 17.0 Å². The standard InChI is InChI=1S/C13H23N2/c1-7-12(10(2)3)13-11(4)14(5)8-9-15(13)6/h8-10H,7H2,1-6H3/q+1. The Morgan fingerprint density at radius 2 is 2.07 bits per heavy atom. The number of nitrogens with zero attached hydrogens (tertiary/aromatic N) is 2. The van der Waals surface area contributed by atoms with E-state index in [1.54, 1.807) is 0 Å². The molecule has 1 rings (SSSR count). The fourth-order valence-electron chi connectivity index (χ4n) is 2.12. The van der Waals surface area contributed by atoms with Crippen molar-refractivity contribution >= 4 is 5.71 Å². The highest BCUT2D eigenvalue weighted by atomic mass is 15.2. The van der Waals surface area contributed by atoms with Gasteiger partial charge in [0.15, 0.2) is 6.20 Å². The van der Waals surface area contributed by atoms with Gasteiger partial charge in [-0.05, 0) is 17.9 Å². The van der Waals surface area contributed by atoms with Gasteiger partial charge in [0, 0.05) is 14.0 Å². The maximum Gasteiger partial charge on any atom is 0.201 e. The maximum atomic E-state index is 2.27. The Balaban J connectivity index is 3.28. The molecule has 0 saturated carbocycles. The minimum atomic E-state index is 0.613. The third-order valence-electron chi connectivity index (χ3n) is 3.12. The Labute approximate surface area is 93.6 Å². The van der Waals surface area contributed by atoms with Gasteiger partial charge in [-0.2, -0.15) is 0 Å². The van der Waals surface area contributed by atoms with Crippen molar-refractivity contribution < 1.29 is 4.58 Å². The molecule has 1 aliphatic rings. The van der Waals surface area contributed by atoms with E-state index in [9.17, 15) is 0 Å². The van der Waals surface area contributed by atoms with Gasteiger partial charge in [-0.15, -0.1) is 0 Å². The summed E-state index contributed by atoms with van der Waals surface area (Å²) in [4.78, 5) is 2.23. The van der Waals surface area contributed by atoms with Gasteiger partial charge in [-0.1, -0.05) is 20.8 Å². The third-order valence-corrected chi connectivity index (χ3v) is 3.12. The summed E-state index contributed by atoms with van der Waals surface area (Å²) in [5, 5.41) is 0. The first-order chi connectivity index (χ1) is 6.99. The highest BCUT2D eigenvalue weighted by molar-refractivity contribution is 5.95. The van der Waals surface area contributed by atoms with Gasteiger partial charge in [0.1, 0.15) is 12.7 Å². The van der Waals surface area contributed by atoms with Crippen molar-refractivity contribution in [1.82, 2.24) is 4.90 Å². The van der Waals surface area contributed by atoms with Gasteiger partial charge in [0.2, 0.25) is 5.71 Å². The minimum Gasteiger partial charge on any atom is -0.341 e. The summed E-state index contributed by atoms with van der Waals surface area (Å²) in [7, 11) is 4.23. The van der Waals surface area contributed by atoms with E-state index < -0.39 is 0 Å². The van der Waals surface area contributed by atoms with Crippen LogP contribution in [0.4, 0.5) is 0 Å². The molecule has 0 fully saturated rings. The molecule has 84 valence electrons. The van der Waals surface area contributed by atoms with E-state index in [0.29, 0.717) is 5.92 Å². The molecule has 2 nitrogen and oxygen atoms in total. The van der Waals surface area contributed by atoms with E-state index >= 15 is 0 Å². The molecule has 0 aromatic rings. The summed E-state index contributed by atoms with van der Waals surface area (Å²) in [6.45, 7) is 8.96. The normalized spacial score (nSPS) is 20.3. The van der Waals surface area contributed by atoms with Crippen LogP contribution in [0, 0.1) is 5.92 Å². The summed E-state index contributed by atoms with van der Waals surface area (Å²) in [6, 6.07) is 0. The van der Waals surface area contributed by atoms with Gasteiger partial charge in [-0.3, -0.25) is 0 Å². The Bertz CT molecular complexity index is 332. The summed E-state index contributed by atoms with van der Waals surface area (Å²) in [5.74, 6) is 0.613. The van der Waals surface area contributed by atoms with Crippen LogP contribution in [0.2, 0.25) is 0 Å². The van der Waals surface area contributed by atoms with Crippen molar-refractivity contribution in [2.24, 2.45) is 5.92 Å². The lowest BCUT2D eigenvalue weighted by Gasteiger charge is -2.24. The number of hydrogen-bond acceptors (Lipinski definition) is 1. The van der Waals surface area contributed by atoms with E-state index in [-0.39, 0.29) is 0 Å². The summed E-state index contributed by atoms with van der Waals surface area (Å²) in [5.41, 5.74) is 4.26. The number of hydrogen-bond donors (Lipinski definition) is 0. The molecule has 0 spiro atoms. The molecule has 0 aromatic heterocycles. The SMILES string of the molecule is CCC(=C1C(C)=[N+](C)C=CN1C)C(C)C. The average molecular weight is 207 g/mol. The highest BCUT2D eigenvalue weighted by Gasteiger charge is 2.22. The van der Waals surface area contributed by atoms with Crippen LogP contribution in [0.15, 0.2) is 23.7 Å². The van der Waals surface area contributed by atoms with Crippen molar-refractivity contribution in [1.29, 1.82) is 0 Å². The number of allylic oxidation sites excluding steroid dienone is 2. The topological polar surface area (TPSA) is 6.25 Å². The third kappa shape index (κ3) is 2.31. The molecule has 0 aliphatic carbocycles. The van der Waals surface area contributed by atoms with E-state index in [4.69, 9.17) is 0 Å². The Hall–Kier alpha value is -1.05. The zero-order valence-electron chi connectivity index (χ0n) is 10.8. The molecule has 1 aliphatic heterocycles. The van der Waals surface area contributed by atoms with Gasteiger partial charge < -0.3 is 4.90 Å².